The Bertz CT molecular complexity index is 449. The Morgan fingerprint density at radius 1 is 1.41 bits per heavy atom. The Kier molecular flexibility index (Phi) is 3.03. The van der Waals surface area contributed by atoms with Crippen LogP contribution in [0, 0.1) is 5.82 Å². The lowest BCUT2D eigenvalue weighted by atomic mass is 10.1. The van der Waals surface area contributed by atoms with Gasteiger partial charge in [-0.05, 0) is 12.1 Å². The Balaban J connectivity index is 2.48. The van der Waals surface area contributed by atoms with Crippen molar-refractivity contribution in [2.75, 3.05) is 20.8 Å². The highest BCUT2D eigenvalue weighted by atomic mass is 19.1. The molecule has 2 rings (SSSR count). The average Bonchev–Trinajstić information content (AvgIpc) is 2.75. The molecule has 1 atom stereocenters. The van der Waals surface area contributed by atoms with Gasteiger partial charge >= 0.3 is 6.09 Å². The molecule has 5 nitrogen and oxygen atoms in total. The van der Waals surface area contributed by atoms with E-state index >= 15 is 0 Å². The van der Waals surface area contributed by atoms with Gasteiger partial charge in [-0.25, -0.2) is 9.18 Å². The van der Waals surface area contributed by atoms with Gasteiger partial charge in [0.25, 0.3) is 0 Å². The van der Waals surface area contributed by atoms with E-state index in [4.69, 9.17) is 14.2 Å². The number of halogens is 1. The van der Waals surface area contributed by atoms with Gasteiger partial charge in [0.1, 0.15) is 5.75 Å². The molecule has 1 aliphatic heterocycles. The van der Waals surface area contributed by atoms with E-state index in [2.05, 4.69) is 5.32 Å². The summed E-state index contributed by atoms with van der Waals surface area (Å²) in [5.41, 5.74) is 0.397. The van der Waals surface area contributed by atoms with E-state index in [0.717, 1.165) is 0 Å². The first-order valence-corrected chi connectivity index (χ1v) is 5.02. The minimum absolute atomic E-state index is 0.0332. The Labute approximate surface area is 97.5 Å². The van der Waals surface area contributed by atoms with Crippen LogP contribution in [0.25, 0.3) is 0 Å². The third-order valence-corrected chi connectivity index (χ3v) is 2.54. The first kappa shape index (κ1) is 11.5. The Morgan fingerprint density at radius 3 is 2.71 bits per heavy atom. The molecular weight excluding hydrogens is 229 g/mol. The van der Waals surface area contributed by atoms with Crippen molar-refractivity contribution in [1.82, 2.24) is 5.32 Å². The van der Waals surface area contributed by atoms with Crippen molar-refractivity contribution in [3.8, 4) is 11.5 Å². The van der Waals surface area contributed by atoms with E-state index in [-0.39, 0.29) is 12.3 Å². The lowest BCUT2D eigenvalue weighted by molar-refractivity contribution is 0.137. The number of ether oxygens (including phenoxy) is 3. The highest BCUT2D eigenvalue weighted by Crippen LogP contribution is 2.38. The molecule has 1 saturated heterocycles. The first-order valence-electron chi connectivity index (χ1n) is 5.02. The zero-order chi connectivity index (χ0) is 12.4. The lowest BCUT2D eigenvalue weighted by Gasteiger charge is -2.17. The maximum Gasteiger partial charge on any atom is 0.407 e. The van der Waals surface area contributed by atoms with Crippen molar-refractivity contribution in [2.24, 2.45) is 0 Å². The highest BCUT2D eigenvalue weighted by Gasteiger charge is 2.31. The lowest BCUT2D eigenvalue weighted by Crippen LogP contribution is -2.13. The van der Waals surface area contributed by atoms with Crippen LogP contribution in [0.1, 0.15) is 11.7 Å². The molecular formula is C11H12FNO4. The van der Waals surface area contributed by atoms with Crippen molar-refractivity contribution in [3.05, 3.63) is 23.5 Å². The van der Waals surface area contributed by atoms with Gasteiger partial charge in [0.2, 0.25) is 0 Å². The van der Waals surface area contributed by atoms with Gasteiger partial charge in [-0.15, -0.1) is 0 Å². The van der Waals surface area contributed by atoms with Crippen molar-refractivity contribution in [2.45, 2.75) is 6.10 Å². The molecule has 6 heteroatoms. The predicted molar refractivity (Wildman–Crippen MR) is 56.7 cm³/mol. The van der Waals surface area contributed by atoms with E-state index in [1.807, 2.05) is 0 Å². The zero-order valence-electron chi connectivity index (χ0n) is 9.45. The van der Waals surface area contributed by atoms with E-state index in [1.54, 1.807) is 0 Å². The van der Waals surface area contributed by atoms with Crippen LogP contribution in [0.15, 0.2) is 12.1 Å². The number of rotatable bonds is 3. The summed E-state index contributed by atoms with van der Waals surface area (Å²) in [6.45, 7) is 0.259. The second-order valence-corrected chi connectivity index (χ2v) is 3.47. The van der Waals surface area contributed by atoms with Crippen molar-refractivity contribution in [3.63, 3.8) is 0 Å². The molecule has 1 aliphatic rings. The summed E-state index contributed by atoms with van der Waals surface area (Å²) in [7, 11) is 2.81. The van der Waals surface area contributed by atoms with Gasteiger partial charge in [0.05, 0.1) is 26.3 Å². The van der Waals surface area contributed by atoms with Crippen LogP contribution in [0.5, 0.6) is 11.5 Å². The number of amides is 1. The quantitative estimate of drug-likeness (QED) is 0.873. The summed E-state index contributed by atoms with van der Waals surface area (Å²) in [4.78, 5) is 11.0. The van der Waals surface area contributed by atoms with Gasteiger partial charge in [-0.1, -0.05) is 0 Å². The van der Waals surface area contributed by atoms with Gasteiger partial charge < -0.3 is 19.5 Å². The van der Waals surface area contributed by atoms with Gasteiger partial charge in [0, 0.05) is 0 Å². The van der Waals surface area contributed by atoms with Gasteiger partial charge in [-0.3, -0.25) is 0 Å². The number of hydrogen-bond donors (Lipinski definition) is 1. The number of methoxy groups -OCH3 is 2. The van der Waals surface area contributed by atoms with Crippen molar-refractivity contribution >= 4 is 6.09 Å². The predicted octanol–water partition coefficient (Wildman–Crippen LogP) is 1.62. The topological polar surface area (TPSA) is 56.8 Å². The number of cyclic esters (lactones) is 1. The third kappa shape index (κ3) is 1.98. The second-order valence-electron chi connectivity index (χ2n) is 3.47. The molecule has 1 N–H and O–H groups in total. The number of carbonyl (C=O) groups excluding carboxylic acids is 1. The van der Waals surface area contributed by atoms with Crippen LogP contribution in [0.3, 0.4) is 0 Å². The summed E-state index contributed by atoms with van der Waals surface area (Å²) >= 11 is 0. The number of alkyl carbamates (subject to hydrolysis) is 1. The van der Waals surface area contributed by atoms with Gasteiger partial charge in [-0.2, -0.15) is 0 Å². The standard InChI is InChI=1S/C11H12FNO4/c1-15-7-4-3-6(12)10(16-2)9(7)8-5-13-11(14)17-8/h3-4,8H,5H2,1-2H3,(H,13,14). The third-order valence-electron chi connectivity index (χ3n) is 2.54. The molecule has 0 spiro atoms. The summed E-state index contributed by atoms with van der Waals surface area (Å²) in [6, 6.07) is 2.71. The fourth-order valence-corrected chi connectivity index (χ4v) is 1.79. The summed E-state index contributed by atoms with van der Waals surface area (Å²) in [5, 5.41) is 2.50. The Morgan fingerprint density at radius 2 is 2.18 bits per heavy atom. The monoisotopic (exact) mass is 241 g/mol. The maximum absolute atomic E-state index is 13.6. The molecule has 1 heterocycles. The summed E-state index contributed by atoms with van der Waals surface area (Å²) in [6.07, 6.45) is -1.15. The van der Waals surface area contributed by atoms with Crippen LogP contribution >= 0.6 is 0 Å². The van der Waals surface area contributed by atoms with E-state index in [0.29, 0.717) is 11.3 Å². The second kappa shape index (κ2) is 4.48. The molecule has 0 saturated carbocycles. The molecule has 1 aromatic rings. The summed E-state index contributed by atoms with van der Waals surface area (Å²) in [5.74, 6) is -0.0677. The number of nitrogens with one attached hydrogen (secondary N) is 1. The fourth-order valence-electron chi connectivity index (χ4n) is 1.79. The van der Waals surface area contributed by atoms with E-state index in [1.165, 1.54) is 26.4 Å². The minimum atomic E-state index is -0.608. The van der Waals surface area contributed by atoms with E-state index < -0.39 is 18.0 Å². The average molecular weight is 241 g/mol. The molecule has 0 radical (unpaired) electrons. The highest BCUT2D eigenvalue weighted by molar-refractivity contribution is 5.70. The molecule has 1 fully saturated rings. The van der Waals surface area contributed by atoms with Crippen molar-refractivity contribution in [1.29, 1.82) is 0 Å². The maximum atomic E-state index is 13.6. The van der Waals surface area contributed by atoms with Gasteiger partial charge in [0.15, 0.2) is 17.7 Å². The largest absolute Gasteiger partial charge is 0.496 e. The molecule has 1 aromatic carbocycles. The normalized spacial score (nSPS) is 18.5. The molecule has 0 aromatic heterocycles. The summed E-state index contributed by atoms with van der Waals surface area (Å²) < 4.78 is 28.7. The molecule has 1 amide bonds. The smallest absolute Gasteiger partial charge is 0.407 e. The van der Waals surface area contributed by atoms with Crippen LogP contribution in [0.2, 0.25) is 0 Å². The first-order chi connectivity index (χ1) is 8.17. The molecule has 0 aliphatic carbocycles. The van der Waals surface area contributed by atoms with E-state index in [9.17, 15) is 9.18 Å². The minimum Gasteiger partial charge on any atom is -0.496 e. The Hall–Kier alpha value is -1.98. The molecule has 0 bridgehead atoms. The van der Waals surface area contributed by atoms with Crippen LogP contribution in [0.4, 0.5) is 9.18 Å². The molecule has 1 unspecified atom stereocenters. The number of carbonyl (C=O) groups is 1. The molecule has 17 heavy (non-hydrogen) atoms. The molecule has 92 valence electrons. The van der Waals surface area contributed by atoms with Crippen LogP contribution < -0.4 is 14.8 Å². The number of hydrogen-bond acceptors (Lipinski definition) is 4. The zero-order valence-corrected chi connectivity index (χ0v) is 9.45. The van der Waals surface area contributed by atoms with Crippen LogP contribution in [-0.2, 0) is 4.74 Å². The van der Waals surface area contributed by atoms with Crippen LogP contribution in [-0.4, -0.2) is 26.9 Å². The van der Waals surface area contributed by atoms with Crippen molar-refractivity contribution < 1.29 is 23.4 Å². The fraction of sp³-hybridized carbons (Fsp3) is 0.364. The number of benzene rings is 1. The SMILES string of the molecule is COc1ccc(F)c(OC)c1C1CNC(=O)O1.